The van der Waals surface area contributed by atoms with Crippen molar-refractivity contribution in [3.63, 3.8) is 0 Å². The average Bonchev–Trinajstić information content (AvgIpc) is 3.09. The van der Waals surface area contributed by atoms with Crippen LogP contribution in [0.4, 0.5) is 0 Å². The lowest BCUT2D eigenvalue weighted by atomic mass is 10.1. The molecule has 2 atom stereocenters. The molecule has 2 aliphatic rings. The van der Waals surface area contributed by atoms with Crippen molar-refractivity contribution >= 4 is 24.8 Å². The monoisotopic (exact) mass is 355 g/mol. The molecule has 0 spiro atoms. The van der Waals surface area contributed by atoms with E-state index in [0.29, 0.717) is 6.04 Å². The summed E-state index contributed by atoms with van der Waals surface area (Å²) in [5, 5.41) is 3.71. The molecule has 1 N–H and O–H groups in total. The molecule has 2 aliphatic heterocycles. The van der Waals surface area contributed by atoms with Crippen LogP contribution in [0.1, 0.15) is 25.2 Å². The predicted octanol–water partition coefficient (Wildman–Crippen LogP) is 3.51. The number of hydrogen-bond donors (Lipinski definition) is 1. The van der Waals surface area contributed by atoms with Gasteiger partial charge in [-0.3, -0.25) is 4.90 Å². The summed E-state index contributed by atoms with van der Waals surface area (Å²) in [7, 11) is 0. The van der Waals surface area contributed by atoms with Gasteiger partial charge in [0, 0.05) is 30.7 Å². The first-order chi connectivity index (χ1) is 10.4. The second-order valence-corrected chi connectivity index (χ2v) is 6.15. The molecule has 1 aromatic carbocycles. The summed E-state index contributed by atoms with van der Waals surface area (Å²) in [5.74, 6) is 1.69. The third kappa shape index (κ3) is 4.27. The molecule has 126 valence electrons. The normalized spacial score (nSPS) is 23.7. The maximum atomic E-state index is 5.92. The van der Waals surface area contributed by atoms with Gasteiger partial charge in [-0.1, -0.05) is 30.3 Å². The molecule has 2 fully saturated rings. The number of likely N-dealkylation sites (tertiary alicyclic amines) is 1. The van der Waals surface area contributed by atoms with Gasteiger partial charge in [-0.15, -0.1) is 24.8 Å². The van der Waals surface area contributed by atoms with Crippen molar-refractivity contribution < 1.29 is 4.42 Å². The number of aromatic nitrogens is 1. The minimum atomic E-state index is 0. The zero-order chi connectivity index (χ0) is 14.1. The van der Waals surface area contributed by atoms with E-state index in [0.717, 1.165) is 42.9 Å². The summed E-state index contributed by atoms with van der Waals surface area (Å²) >= 11 is 0. The number of oxazole rings is 1. The number of nitrogens with one attached hydrogen (secondary N) is 1. The first-order valence-corrected chi connectivity index (χ1v) is 7.85. The Labute approximate surface area is 149 Å². The van der Waals surface area contributed by atoms with E-state index in [1.54, 1.807) is 0 Å². The molecule has 4 rings (SSSR count). The molecule has 0 saturated carbocycles. The fraction of sp³-hybridized carbons (Fsp3) is 0.471. The predicted molar refractivity (Wildman–Crippen MR) is 96.3 cm³/mol. The Morgan fingerprint density at radius 1 is 1.09 bits per heavy atom. The highest BCUT2D eigenvalue weighted by atomic mass is 35.5. The highest BCUT2D eigenvalue weighted by Gasteiger charge is 2.29. The van der Waals surface area contributed by atoms with E-state index in [9.17, 15) is 0 Å². The topological polar surface area (TPSA) is 41.3 Å². The molecule has 3 heterocycles. The van der Waals surface area contributed by atoms with Crippen LogP contribution < -0.4 is 5.32 Å². The van der Waals surface area contributed by atoms with E-state index in [1.165, 1.54) is 19.3 Å². The standard InChI is InChI=1S/C17H21N3O.2ClH/c1-2-4-13(5-3-1)16-10-18-17(21-16)12-20-9-8-14-6-7-15(11-20)19-14;;/h1-5,10,14-15,19H,6-9,11-12H2;2*1H. The van der Waals surface area contributed by atoms with Crippen LogP contribution in [0, 0.1) is 0 Å². The molecular weight excluding hydrogens is 333 g/mol. The molecule has 2 aromatic rings. The van der Waals surface area contributed by atoms with E-state index in [1.807, 2.05) is 24.4 Å². The number of benzene rings is 1. The van der Waals surface area contributed by atoms with Gasteiger partial charge >= 0.3 is 0 Å². The second kappa shape index (κ2) is 8.15. The minimum Gasteiger partial charge on any atom is -0.439 e. The zero-order valence-electron chi connectivity index (χ0n) is 13.0. The van der Waals surface area contributed by atoms with Gasteiger partial charge < -0.3 is 9.73 Å². The quantitative estimate of drug-likeness (QED) is 0.914. The molecule has 2 unspecified atom stereocenters. The van der Waals surface area contributed by atoms with Gasteiger partial charge in [0.2, 0.25) is 5.89 Å². The van der Waals surface area contributed by atoms with Crippen LogP contribution in [0.25, 0.3) is 11.3 Å². The Morgan fingerprint density at radius 3 is 2.70 bits per heavy atom. The van der Waals surface area contributed by atoms with Crippen molar-refractivity contribution in [2.75, 3.05) is 13.1 Å². The van der Waals surface area contributed by atoms with Crippen LogP contribution in [0.15, 0.2) is 40.9 Å². The van der Waals surface area contributed by atoms with Crippen molar-refractivity contribution in [1.29, 1.82) is 0 Å². The van der Waals surface area contributed by atoms with Crippen molar-refractivity contribution in [3.05, 3.63) is 42.4 Å². The van der Waals surface area contributed by atoms with Gasteiger partial charge in [-0.05, 0) is 19.3 Å². The summed E-state index contributed by atoms with van der Waals surface area (Å²) in [6.07, 6.45) is 5.73. The number of rotatable bonds is 3. The lowest BCUT2D eigenvalue weighted by Crippen LogP contribution is -2.35. The molecule has 0 amide bonds. The van der Waals surface area contributed by atoms with Gasteiger partial charge in [0.25, 0.3) is 0 Å². The summed E-state index contributed by atoms with van der Waals surface area (Å²) in [5.41, 5.74) is 1.09. The molecule has 0 aliphatic carbocycles. The van der Waals surface area contributed by atoms with Crippen LogP contribution in [-0.4, -0.2) is 35.1 Å². The zero-order valence-corrected chi connectivity index (χ0v) is 14.6. The number of fused-ring (bicyclic) bond motifs is 2. The number of nitrogens with zero attached hydrogens (tertiary/aromatic N) is 2. The lowest BCUT2D eigenvalue weighted by Gasteiger charge is -2.22. The van der Waals surface area contributed by atoms with Crippen molar-refractivity contribution in [1.82, 2.24) is 15.2 Å². The molecular formula is C17H23Cl2N3O. The maximum absolute atomic E-state index is 5.92. The smallest absolute Gasteiger partial charge is 0.209 e. The maximum Gasteiger partial charge on any atom is 0.209 e. The first kappa shape index (κ1) is 18.3. The molecule has 4 nitrogen and oxygen atoms in total. The van der Waals surface area contributed by atoms with E-state index >= 15 is 0 Å². The van der Waals surface area contributed by atoms with Gasteiger partial charge in [0.15, 0.2) is 5.76 Å². The van der Waals surface area contributed by atoms with E-state index in [-0.39, 0.29) is 24.8 Å². The SMILES string of the molecule is Cl.Cl.c1ccc(-c2cnc(CN3CCC4CCC(C3)N4)o2)cc1. The number of hydrogen-bond acceptors (Lipinski definition) is 4. The number of halogens is 2. The van der Waals surface area contributed by atoms with E-state index < -0.39 is 0 Å². The molecule has 0 radical (unpaired) electrons. The molecule has 2 bridgehead atoms. The Morgan fingerprint density at radius 2 is 1.87 bits per heavy atom. The molecule has 2 saturated heterocycles. The minimum absolute atomic E-state index is 0. The fourth-order valence-electron chi connectivity index (χ4n) is 3.47. The Balaban J connectivity index is 0.000000960. The van der Waals surface area contributed by atoms with Crippen molar-refractivity contribution in [2.24, 2.45) is 0 Å². The Bertz CT molecular complexity index is 605. The highest BCUT2D eigenvalue weighted by Crippen LogP contribution is 2.23. The third-order valence-electron chi connectivity index (χ3n) is 4.58. The Kier molecular flexibility index (Phi) is 6.48. The van der Waals surface area contributed by atoms with Gasteiger partial charge in [0.1, 0.15) is 0 Å². The fourth-order valence-corrected chi connectivity index (χ4v) is 3.47. The largest absolute Gasteiger partial charge is 0.439 e. The molecule has 6 heteroatoms. The second-order valence-electron chi connectivity index (χ2n) is 6.15. The van der Waals surface area contributed by atoms with Gasteiger partial charge in [-0.25, -0.2) is 4.98 Å². The first-order valence-electron chi connectivity index (χ1n) is 7.85. The highest BCUT2D eigenvalue weighted by molar-refractivity contribution is 5.85. The van der Waals surface area contributed by atoms with Crippen LogP contribution in [0.5, 0.6) is 0 Å². The third-order valence-corrected chi connectivity index (χ3v) is 4.58. The van der Waals surface area contributed by atoms with Crippen LogP contribution in [0.3, 0.4) is 0 Å². The Hall–Kier alpha value is -1.07. The van der Waals surface area contributed by atoms with E-state index in [4.69, 9.17) is 4.42 Å². The van der Waals surface area contributed by atoms with Crippen LogP contribution >= 0.6 is 24.8 Å². The summed E-state index contributed by atoms with van der Waals surface area (Å²) in [4.78, 5) is 6.92. The summed E-state index contributed by atoms with van der Waals surface area (Å²) < 4.78 is 5.92. The van der Waals surface area contributed by atoms with E-state index in [2.05, 4.69) is 27.3 Å². The summed E-state index contributed by atoms with van der Waals surface area (Å²) in [6.45, 7) is 3.06. The average molecular weight is 356 g/mol. The van der Waals surface area contributed by atoms with Crippen LogP contribution in [0.2, 0.25) is 0 Å². The lowest BCUT2D eigenvalue weighted by molar-refractivity contribution is 0.228. The summed E-state index contributed by atoms with van der Waals surface area (Å²) in [6, 6.07) is 11.5. The van der Waals surface area contributed by atoms with Gasteiger partial charge in [0.05, 0.1) is 12.7 Å². The van der Waals surface area contributed by atoms with Crippen molar-refractivity contribution in [3.8, 4) is 11.3 Å². The molecule has 23 heavy (non-hydrogen) atoms. The van der Waals surface area contributed by atoms with Crippen LogP contribution in [-0.2, 0) is 6.54 Å². The molecule has 1 aromatic heterocycles. The van der Waals surface area contributed by atoms with Gasteiger partial charge in [-0.2, -0.15) is 0 Å². The van der Waals surface area contributed by atoms with Crippen molar-refractivity contribution in [2.45, 2.75) is 37.9 Å².